The van der Waals surface area contributed by atoms with Gasteiger partial charge in [-0.25, -0.2) is 15.0 Å². The van der Waals surface area contributed by atoms with Crippen LogP contribution in [0.2, 0.25) is 0 Å². The third-order valence-corrected chi connectivity index (χ3v) is 15.9. The maximum Gasteiger partial charge on any atom is 0.166 e. The second kappa shape index (κ2) is 15.0. The summed E-state index contributed by atoms with van der Waals surface area (Å²) in [4.78, 5) is 16.7. The van der Waals surface area contributed by atoms with Crippen molar-refractivity contribution < 1.29 is 4.42 Å². The van der Waals surface area contributed by atoms with Crippen LogP contribution in [0.15, 0.2) is 229 Å². The van der Waals surface area contributed by atoms with Crippen LogP contribution in [0, 0.1) is 0 Å². The van der Waals surface area contributed by atoms with Crippen LogP contribution in [0.1, 0.15) is 0 Å². The zero-order valence-electron chi connectivity index (χ0n) is 38.4. The van der Waals surface area contributed by atoms with Crippen molar-refractivity contribution in [1.29, 1.82) is 0 Å². The predicted octanol–water partition coefficient (Wildman–Crippen LogP) is 17.6. The van der Waals surface area contributed by atoms with E-state index in [4.69, 9.17) is 19.4 Å². The van der Waals surface area contributed by atoms with E-state index in [1.54, 1.807) is 11.3 Å². The van der Waals surface area contributed by atoms with Crippen molar-refractivity contribution in [2.24, 2.45) is 0 Å². The quantitative estimate of drug-likeness (QED) is 0.172. The molecule has 6 nitrogen and oxygen atoms in total. The van der Waals surface area contributed by atoms with Gasteiger partial charge in [-0.15, -0.1) is 11.3 Å². The largest absolute Gasteiger partial charge is 0.454 e. The van der Waals surface area contributed by atoms with Gasteiger partial charge in [0, 0.05) is 74.9 Å². The van der Waals surface area contributed by atoms with E-state index in [0.29, 0.717) is 17.5 Å². The lowest BCUT2D eigenvalue weighted by molar-refractivity contribution is 0.666. The van der Waals surface area contributed by atoms with Gasteiger partial charge in [0.05, 0.1) is 27.8 Å². The molecule has 0 N–H and O–H groups in total. The van der Waals surface area contributed by atoms with E-state index in [9.17, 15) is 0 Å². The minimum atomic E-state index is 0.565. The van der Waals surface area contributed by atoms with Crippen LogP contribution >= 0.6 is 11.3 Å². The molecule has 0 spiro atoms. The summed E-state index contributed by atoms with van der Waals surface area (Å²) in [6, 6.07) is 80.1. The number of benzene rings is 11. The summed E-state index contributed by atoms with van der Waals surface area (Å²) in [5.74, 6) is 1.76. The van der Waals surface area contributed by atoms with Crippen LogP contribution < -0.4 is 0 Å². The molecule has 0 radical (unpaired) electrons. The van der Waals surface area contributed by atoms with E-state index < -0.39 is 0 Å². The number of rotatable bonds is 5. The third-order valence-electron chi connectivity index (χ3n) is 14.7. The van der Waals surface area contributed by atoms with E-state index in [1.165, 1.54) is 47.8 Å². The first-order valence-corrected chi connectivity index (χ1v) is 25.1. The molecule has 5 heterocycles. The van der Waals surface area contributed by atoms with Gasteiger partial charge in [0.2, 0.25) is 0 Å². The van der Waals surface area contributed by atoms with Gasteiger partial charge in [-0.3, -0.25) is 0 Å². The second-order valence-corrected chi connectivity index (χ2v) is 19.7. The molecule has 72 heavy (non-hydrogen) atoms. The number of aromatic nitrogens is 5. The molecule has 7 heteroatoms. The minimum Gasteiger partial charge on any atom is -0.454 e. The highest BCUT2D eigenvalue weighted by Crippen LogP contribution is 2.46. The topological polar surface area (TPSA) is 61.7 Å². The number of thiophene rings is 1. The molecule has 0 saturated carbocycles. The van der Waals surface area contributed by atoms with Gasteiger partial charge in [0.1, 0.15) is 5.58 Å². The maximum atomic E-state index is 7.13. The molecule has 334 valence electrons. The maximum absolute atomic E-state index is 7.13. The molecular formula is C65H37N5OS. The highest BCUT2D eigenvalue weighted by atomic mass is 32.1. The molecule has 0 saturated heterocycles. The summed E-state index contributed by atoms with van der Waals surface area (Å²) in [6.07, 6.45) is 0. The fraction of sp³-hybridized carbons (Fsp3) is 0. The number of fused-ring (bicyclic) bond motifs is 14. The van der Waals surface area contributed by atoms with Crippen LogP contribution in [-0.2, 0) is 0 Å². The summed E-state index contributed by atoms with van der Waals surface area (Å²) in [5.41, 5.74) is 10.7. The average molecular weight is 936 g/mol. The lowest BCUT2D eigenvalue weighted by Gasteiger charge is -2.14. The molecule has 0 aliphatic rings. The highest BCUT2D eigenvalue weighted by Gasteiger charge is 2.26. The molecule has 0 aliphatic carbocycles. The van der Waals surface area contributed by atoms with Crippen molar-refractivity contribution in [2.45, 2.75) is 0 Å². The molecule has 0 aliphatic heterocycles. The molecule has 0 bridgehead atoms. The summed E-state index contributed by atoms with van der Waals surface area (Å²) >= 11 is 1.78. The standard InChI is InChI=1S/C65H37N5OS/c1-2-20-42(21-3-1)69-53-29-11-8-22-43(53)45-25-14-27-49(60(45)69)64-66-63(67-65(68-64)50-28-15-26-46-44-23-10-13-31-58(44)72-62(46)50)48-32-33-54(61-59(48)47-24-9-12-30-57(47)71-61)70-55-36-40-18-6-4-16-38(40)34-51(55)52-35-39-17-5-7-19-41(39)37-56(52)70/h1-37H. The van der Waals surface area contributed by atoms with Crippen molar-refractivity contribution in [3.8, 4) is 45.5 Å². The zero-order valence-corrected chi connectivity index (χ0v) is 39.2. The number of hydrogen-bond donors (Lipinski definition) is 0. The second-order valence-electron chi connectivity index (χ2n) is 18.7. The molecule has 0 fully saturated rings. The van der Waals surface area contributed by atoms with E-state index >= 15 is 0 Å². The van der Waals surface area contributed by atoms with Gasteiger partial charge in [-0.1, -0.05) is 146 Å². The predicted molar refractivity (Wildman–Crippen MR) is 300 cm³/mol. The molecule has 5 aromatic heterocycles. The van der Waals surface area contributed by atoms with Gasteiger partial charge >= 0.3 is 0 Å². The van der Waals surface area contributed by atoms with E-state index in [-0.39, 0.29) is 0 Å². The SMILES string of the molecule is c1ccc(-n2c3ccccc3c3cccc(-c4nc(-c5cccc6c5sc5ccccc56)nc(-c5ccc(-n6c7cc8ccccc8cc7c7cc8ccccc8cc76)c6oc7ccccc7c56)n4)c32)cc1. The van der Waals surface area contributed by atoms with E-state index in [2.05, 4.69) is 228 Å². The van der Waals surface area contributed by atoms with Crippen molar-refractivity contribution in [2.75, 3.05) is 0 Å². The van der Waals surface area contributed by atoms with Crippen molar-refractivity contribution in [1.82, 2.24) is 24.1 Å². The van der Waals surface area contributed by atoms with Crippen LogP contribution in [-0.4, -0.2) is 24.1 Å². The van der Waals surface area contributed by atoms with Gasteiger partial charge in [-0.2, -0.15) is 0 Å². The van der Waals surface area contributed by atoms with E-state index in [0.717, 1.165) is 87.5 Å². The van der Waals surface area contributed by atoms with Gasteiger partial charge < -0.3 is 13.6 Å². The molecule has 0 atom stereocenters. The zero-order chi connectivity index (χ0) is 47.0. The smallest absolute Gasteiger partial charge is 0.166 e. The first-order valence-electron chi connectivity index (χ1n) is 24.3. The molecule has 11 aromatic carbocycles. The van der Waals surface area contributed by atoms with Crippen LogP contribution in [0.5, 0.6) is 0 Å². The normalized spacial score (nSPS) is 12.2. The molecule has 0 amide bonds. The highest BCUT2D eigenvalue weighted by molar-refractivity contribution is 7.26. The van der Waals surface area contributed by atoms with Crippen molar-refractivity contribution in [3.63, 3.8) is 0 Å². The number of nitrogens with zero attached hydrogens (tertiary/aromatic N) is 5. The Balaban J connectivity index is 1.01. The number of hydrogen-bond acceptors (Lipinski definition) is 5. The Labute approximate surface area is 414 Å². The number of furan rings is 1. The summed E-state index contributed by atoms with van der Waals surface area (Å²) in [7, 11) is 0. The fourth-order valence-corrected chi connectivity index (χ4v) is 12.7. The van der Waals surface area contributed by atoms with Gasteiger partial charge in [0.15, 0.2) is 23.1 Å². The summed E-state index contributed by atoms with van der Waals surface area (Å²) in [5, 5.41) is 13.8. The molecule has 0 unspecified atom stereocenters. The lowest BCUT2D eigenvalue weighted by Crippen LogP contribution is -2.03. The Bertz CT molecular complexity index is 4850. The minimum absolute atomic E-state index is 0.565. The van der Waals surface area contributed by atoms with E-state index in [1.807, 2.05) is 6.07 Å². The average Bonchev–Trinajstić information content (AvgIpc) is 4.20. The molecular weight excluding hydrogens is 899 g/mol. The Morgan fingerprint density at radius 1 is 0.361 bits per heavy atom. The van der Waals surface area contributed by atoms with Crippen LogP contribution in [0.4, 0.5) is 0 Å². The van der Waals surface area contributed by atoms with Crippen LogP contribution in [0.3, 0.4) is 0 Å². The first-order chi connectivity index (χ1) is 35.7. The van der Waals surface area contributed by atoms with Gasteiger partial charge in [-0.05, 0) is 100 Å². The monoisotopic (exact) mass is 935 g/mol. The lowest BCUT2D eigenvalue weighted by atomic mass is 10.0. The van der Waals surface area contributed by atoms with Crippen molar-refractivity contribution >= 4 is 119 Å². The molecule has 16 rings (SSSR count). The summed E-state index contributed by atoms with van der Waals surface area (Å²) in [6.45, 7) is 0. The van der Waals surface area contributed by atoms with Gasteiger partial charge in [0.25, 0.3) is 0 Å². The Morgan fingerprint density at radius 2 is 0.917 bits per heavy atom. The third kappa shape index (κ3) is 5.68. The van der Waals surface area contributed by atoms with Crippen LogP contribution in [0.25, 0.3) is 153 Å². The Morgan fingerprint density at radius 3 is 1.65 bits per heavy atom. The fourth-order valence-electron chi connectivity index (χ4n) is 11.5. The number of para-hydroxylation sites is 4. The Hall–Kier alpha value is -9.43. The Kier molecular flexibility index (Phi) is 8.23. The first kappa shape index (κ1) is 39.4. The van der Waals surface area contributed by atoms with Crippen molar-refractivity contribution in [3.05, 3.63) is 224 Å². The molecule has 16 aromatic rings. The summed E-state index contributed by atoms with van der Waals surface area (Å²) < 4.78 is 14.2.